The van der Waals surface area contributed by atoms with Crippen molar-refractivity contribution in [3.8, 4) is 77.9 Å². The maximum Gasteiger partial charge on any atom is 0.0283 e. The summed E-state index contributed by atoms with van der Waals surface area (Å²) in [5.74, 6) is 0. The predicted molar refractivity (Wildman–Crippen MR) is 255 cm³/mol. The Morgan fingerprint density at radius 1 is 0.214 bits per heavy atom. The van der Waals surface area contributed by atoms with Crippen LogP contribution in [0.5, 0.6) is 0 Å². The smallest absolute Gasteiger partial charge is 0.0283 e. The van der Waals surface area contributed by atoms with Gasteiger partial charge in [-0.1, -0.05) is 246 Å². The lowest BCUT2D eigenvalue weighted by Crippen LogP contribution is -1.92. The zero-order valence-corrected chi connectivity index (χ0v) is 37.0. The van der Waals surface area contributed by atoms with Crippen LogP contribution in [0.1, 0.15) is 22.3 Å². The molecule has 8 rings (SSSR count). The summed E-state index contributed by atoms with van der Waals surface area (Å²) in [5.41, 5.74) is 22.0. The quantitative estimate of drug-likeness (QED) is 0.113. The van der Waals surface area contributed by atoms with Crippen molar-refractivity contribution in [1.29, 1.82) is 0 Å². The van der Waals surface area contributed by atoms with E-state index in [4.69, 9.17) is 0 Å². The molecule has 0 aliphatic rings. The molecule has 0 bridgehead atoms. The summed E-state index contributed by atoms with van der Waals surface area (Å²) in [4.78, 5) is 0. The first kappa shape index (κ1) is 38.5. The highest BCUT2D eigenvalue weighted by molar-refractivity contribution is 9.09. The Bertz CT molecular complexity index is 2240. The molecule has 0 unspecified atom stereocenters. The van der Waals surface area contributed by atoms with E-state index in [1.165, 1.54) is 100 Å². The van der Waals surface area contributed by atoms with E-state index in [1.807, 2.05) is 0 Å². The molecule has 0 amide bonds. The van der Waals surface area contributed by atoms with Gasteiger partial charge in [0.1, 0.15) is 0 Å². The molecule has 4 heteroatoms. The number of halogens is 4. The zero-order valence-electron chi connectivity index (χ0n) is 30.7. The molecule has 274 valence electrons. The molecule has 0 nitrogen and oxygen atoms in total. The summed E-state index contributed by atoms with van der Waals surface area (Å²) in [7, 11) is 0. The van der Waals surface area contributed by atoms with Crippen LogP contribution in [-0.2, 0) is 21.3 Å². The Morgan fingerprint density at radius 3 is 0.625 bits per heavy atom. The van der Waals surface area contributed by atoms with Gasteiger partial charge in [-0.05, 0) is 100 Å². The third kappa shape index (κ3) is 8.22. The molecule has 8 aromatic carbocycles. The maximum atomic E-state index is 3.61. The van der Waals surface area contributed by atoms with Crippen LogP contribution in [-0.4, -0.2) is 0 Å². The van der Waals surface area contributed by atoms with Gasteiger partial charge in [0.15, 0.2) is 0 Å². The molecule has 0 aliphatic carbocycles. The first-order chi connectivity index (χ1) is 27.6. The van der Waals surface area contributed by atoms with Crippen molar-refractivity contribution in [2.24, 2.45) is 0 Å². The van der Waals surface area contributed by atoms with Crippen LogP contribution in [0.25, 0.3) is 77.9 Å². The Kier molecular flexibility index (Phi) is 12.3. The van der Waals surface area contributed by atoms with Crippen molar-refractivity contribution >= 4 is 63.7 Å². The van der Waals surface area contributed by atoms with E-state index in [0.29, 0.717) is 0 Å². The molecule has 0 spiro atoms. The highest BCUT2D eigenvalue weighted by atomic mass is 79.9. The van der Waals surface area contributed by atoms with Crippen LogP contribution >= 0.6 is 63.7 Å². The maximum absolute atomic E-state index is 3.61. The minimum Gasteiger partial charge on any atom is -0.0876 e. The normalized spacial score (nSPS) is 11.1. The van der Waals surface area contributed by atoms with Gasteiger partial charge < -0.3 is 0 Å². The van der Waals surface area contributed by atoms with Crippen LogP contribution in [0.2, 0.25) is 0 Å². The van der Waals surface area contributed by atoms with Gasteiger partial charge in [0.25, 0.3) is 0 Å². The standard InChI is InChI=1S/C52H38Br4/c53-31-35-7-15-41(16-8-35)47-3-1-4-48(42-17-9-36(32-54)10-18-42)51(47)45-27-23-39(24-28-45)40-25-29-46(30-26-40)52-49(43-19-11-37(33-55)12-20-43)5-2-6-50(52)44-21-13-38(34-56)14-22-44/h1-30H,31-34H2. The first-order valence-electron chi connectivity index (χ1n) is 18.6. The van der Waals surface area contributed by atoms with Gasteiger partial charge in [-0.3, -0.25) is 0 Å². The van der Waals surface area contributed by atoms with Crippen LogP contribution in [0, 0.1) is 0 Å². The lowest BCUT2D eigenvalue weighted by Gasteiger charge is -2.18. The molecule has 0 N–H and O–H groups in total. The molecule has 0 atom stereocenters. The number of rotatable bonds is 11. The molecular weight excluding hydrogens is 944 g/mol. The van der Waals surface area contributed by atoms with Gasteiger partial charge in [-0.25, -0.2) is 0 Å². The fourth-order valence-corrected chi connectivity index (χ4v) is 8.94. The lowest BCUT2D eigenvalue weighted by atomic mass is 9.86. The largest absolute Gasteiger partial charge is 0.0876 e. The summed E-state index contributed by atoms with van der Waals surface area (Å²) in [6.07, 6.45) is 0. The highest BCUT2D eigenvalue weighted by Gasteiger charge is 2.17. The van der Waals surface area contributed by atoms with E-state index in [1.54, 1.807) is 0 Å². The van der Waals surface area contributed by atoms with Gasteiger partial charge >= 0.3 is 0 Å². The summed E-state index contributed by atoms with van der Waals surface area (Å²) in [6.45, 7) is 0. The fraction of sp³-hybridized carbons (Fsp3) is 0.0769. The summed E-state index contributed by atoms with van der Waals surface area (Å²) >= 11 is 14.5. The molecular formula is C52H38Br4. The van der Waals surface area contributed by atoms with Gasteiger partial charge in [-0.15, -0.1) is 0 Å². The van der Waals surface area contributed by atoms with Crippen molar-refractivity contribution in [2.45, 2.75) is 21.3 Å². The summed E-state index contributed by atoms with van der Waals surface area (Å²) in [5, 5.41) is 3.36. The van der Waals surface area contributed by atoms with E-state index in [9.17, 15) is 0 Å². The third-order valence-corrected chi connectivity index (χ3v) is 13.1. The third-order valence-electron chi connectivity index (χ3n) is 10.5. The van der Waals surface area contributed by atoms with Gasteiger partial charge in [-0.2, -0.15) is 0 Å². The average molecular weight is 982 g/mol. The number of alkyl halides is 4. The SMILES string of the molecule is BrCc1ccc(-c2cccc(-c3ccc(CBr)cc3)c2-c2ccc(-c3ccc(-c4c(-c5ccc(CBr)cc5)cccc4-c4ccc(CBr)cc4)cc3)cc2)cc1. The van der Waals surface area contributed by atoms with Crippen molar-refractivity contribution in [3.63, 3.8) is 0 Å². The molecule has 0 radical (unpaired) electrons. The molecule has 0 heterocycles. The Hall–Kier alpha value is -4.32. The van der Waals surface area contributed by atoms with E-state index in [-0.39, 0.29) is 0 Å². The minimum absolute atomic E-state index is 0.840. The number of benzene rings is 8. The molecule has 0 aromatic heterocycles. The average Bonchev–Trinajstić information content (AvgIpc) is 3.29. The van der Waals surface area contributed by atoms with Crippen LogP contribution < -0.4 is 0 Å². The first-order valence-corrected chi connectivity index (χ1v) is 23.1. The fourth-order valence-electron chi connectivity index (χ4n) is 7.44. The molecule has 56 heavy (non-hydrogen) atoms. The van der Waals surface area contributed by atoms with Crippen molar-refractivity contribution < 1.29 is 0 Å². The molecule has 0 saturated carbocycles. The summed E-state index contributed by atoms with van der Waals surface area (Å²) in [6, 6.07) is 67.1. The van der Waals surface area contributed by atoms with Crippen LogP contribution in [0.3, 0.4) is 0 Å². The van der Waals surface area contributed by atoms with Gasteiger partial charge in [0, 0.05) is 21.3 Å². The number of hydrogen-bond donors (Lipinski definition) is 0. The Balaban J connectivity index is 1.18. The molecule has 0 aliphatic heterocycles. The van der Waals surface area contributed by atoms with Crippen LogP contribution in [0.4, 0.5) is 0 Å². The van der Waals surface area contributed by atoms with E-state index < -0.39 is 0 Å². The van der Waals surface area contributed by atoms with Crippen molar-refractivity contribution in [3.05, 3.63) is 204 Å². The van der Waals surface area contributed by atoms with E-state index in [2.05, 4.69) is 246 Å². The minimum atomic E-state index is 0.840. The lowest BCUT2D eigenvalue weighted by molar-refractivity contribution is 1.43. The topological polar surface area (TPSA) is 0 Å². The van der Waals surface area contributed by atoms with Crippen molar-refractivity contribution in [2.75, 3.05) is 0 Å². The Labute approximate surface area is 364 Å². The molecule has 0 saturated heterocycles. The van der Waals surface area contributed by atoms with E-state index in [0.717, 1.165) is 21.3 Å². The Morgan fingerprint density at radius 2 is 0.411 bits per heavy atom. The zero-order chi connectivity index (χ0) is 38.4. The predicted octanol–water partition coefficient (Wildman–Crippen LogP) is 16.9. The van der Waals surface area contributed by atoms with Crippen molar-refractivity contribution in [1.82, 2.24) is 0 Å². The molecule has 0 fully saturated rings. The monoisotopic (exact) mass is 978 g/mol. The molecule has 8 aromatic rings. The second kappa shape index (κ2) is 17.9. The van der Waals surface area contributed by atoms with E-state index >= 15 is 0 Å². The van der Waals surface area contributed by atoms with Crippen LogP contribution in [0.15, 0.2) is 182 Å². The second-order valence-corrected chi connectivity index (χ2v) is 16.2. The van der Waals surface area contributed by atoms with Gasteiger partial charge in [0.2, 0.25) is 0 Å². The van der Waals surface area contributed by atoms with Gasteiger partial charge in [0.05, 0.1) is 0 Å². The highest BCUT2D eigenvalue weighted by Crippen LogP contribution is 2.43. The number of hydrogen-bond acceptors (Lipinski definition) is 0. The summed E-state index contributed by atoms with van der Waals surface area (Å²) < 4.78 is 0. The second-order valence-electron chi connectivity index (χ2n) is 13.9.